The quantitative estimate of drug-likeness (QED) is 0.422. The Kier molecular flexibility index (Phi) is 4.25. The number of para-hydroxylation sites is 2. The van der Waals surface area contributed by atoms with E-state index in [0.717, 1.165) is 16.9 Å². The molecule has 0 amide bonds. The number of thiophene rings is 1. The molecule has 0 spiro atoms. The molecule has 0 bridgehead atoms. The first kappa shape index (κ1) is 16.8. The fourth-order valence-electron chi connectivity index (χ4n) is 2.59. The summed E-state index contributed by atoms with van der Waals surface area (Å²) in [6.45, 7) is 1.72. The van der Waals surface area contributed by atoms with Crippen molar-refractivity contribution in [1.82, 2.24) is 15.0 Å². The topological polar surface area (TPSA) is 98.1 Å². The highest BCUT2D eigenvalue weighted by molar-refractivity contribution is 7.98. The van der Waals surface area contributed by atoms with E-state index in [4.69, 9.17) is 9.15 Å². The number of thioether (sulfide) groups is 1. The van der Waals surface area contributed by atoms with Gasteiger partial charge in [0.25, 0.3) is 10.8 Å². The maximum absolute atomic E-state index is 12.4. The van der Waals surface area contributed by atoms with E-state index in [0.29, 0.717) is 43.0 Å². The van der Waals surface area contributed by atoms with Gasteiger partial charge in [0.1, 0.15) is 21.0 Å². The molecule has 26 heavy (non-hydrogen) atoms. The maximum atomic E-state index is 12.4. The number of rotatable bonds is 4. The third-order valence-electron chi connectivity index (χ3n) is 3.83. The molecule has 4 rings (SSSR count). The van der Waals surface area contributed by atoms with Crippen molar-refractivity contribution in [3.63, 3.8) is 0 Å². The summed E-state index contributed by atoms with van der Waals surface area (Å²) in [5, 5.41) is 0.928. The van der Waals surface area contributed by atoms with Crippen molar-refractivity contribution in [2.75, 3.05) is 7.11 Å². The molecule has 0 saturated carbocycles. The SMILES string of the molecule is COC(=O)c1sc2nc(CSc3nc4ccccc4o3)[nH]c(=O)c2c1C. The minimum Gasteiger partial charge on any atom is -0.465 e. The van der Waals surface area contributed by atoms with Crippen LogP contribution in [-0.2, 0) is 10.5 Å². The van der Waals surface area contributed by atoms with Gasteiger partial charge in [0.15, 0.2) is 5.58 Å². The molecule has 1 N–H and O–H groups in total. The number of H-pyrrole nitrogens is 1. The Morgan fingerprint density at radius 3 is 2.92 bits per heavy atom. The van der Waals surface area contributed by atoms with Crippen molar-refractivity contribution in [3.05, 3.63) is 50.9 Å². The summed E-state index contributed by atoms with van der Waals surface area (Å²) in [6, 6.07) is 7.50. The fourth-order valence-corrected chi connectivity index (χ4v) is 4.41. The molecule has 0 radical (unpaired) electrons. The Morgan fingerprint density at radius 1 is 1.35 bits per heavy atom. The van der Waals surface area contributed by atoms with E-state index in [-0.39, 0.29) is 5.56 Å². The van der Waals surface area contributed by atoms with Gasteiger partial charge >= 0.3 is 5.97 Å². The van der Waals surface area contributed by atoms with Gasteiger partial charge < -0.3 is 14.1 Å². The standard InChI is InChI=1S/C17H13N3O4S2/c1-8-12-14(21)19-11(20-15(12)26-13(8)16(22)23-2)7-25-17-18-9-5-3-4-6-10(9)24-17/h3-6H,7H2,1-2H3,(H,19,20,21). The Balaban J connectivity index is 1.64. The minimum absolute atomic E-state index is 0.271. The van der Waals surface area contributed by atoms with Crippen LogP contribution in [0, 0.1) is 6.92 Å². The first-order valence-electron chi connectivity index (χ1n) is 7.66. The summed E-state index contributed by atoms with van der Waals surface area (Å²) in [7, 11) is 1.31. The second-order valence-electron chi connectivity index (χ2n) is 5.48. The van der Waals surface area contributed by atoms with Crippen LogP contribution in [0.3, 0.4) is 0 Å². The number of ether oxygens (including phenoxy) is 1. The third kappa shape index (κ3) is 2.89. The zero-order chi connectivity index (χ0) is 18.3. The molecular formula is C17H13N3O4S2. The number of methoxy groups -OCH3 is 1. The second-order valence-corrected chi connectivity index (χ2v) is 7.40. The lowest BCUT2D eigenvalue weighted by molar-refractivity contribution is 0.0605. The van der Waals surface area contributed by atoms with Crippen LogP contribution in [0.5, 0.6) is 0 Å². The van der Waals surface area contributed by atoms with E-state index >= 15 is 0 Å². The Bertz CT molecular complexity index is 1160. The molecule has 4 aromatic rings. The van der Waals surface area contributed by atoms with Crippen LogP contribution in [0.1, 0.15) is 21.1 Å². The molecule has 3 aromatic heterocycles. The van der Waals surface area contributed by atoms with Gasteiger partial charge in [-0.3, -0.25) is 4.79 Å². The predicted molar refractivity (Wildman–Crippen MR) is 99.9 cm³/mol. The van der Waals surface area contributed by atoms with Gasteiger partial charge in [-0.2, -0.15) is 0 Å². The fraction of sp³-hybridized carbons (Fsp3) is 0.176. The van der Waals surface area contributed by atoms with Gasteiger partial charge in [0.05, 0.1) is 18.2 Å². The van der Waals surface area contributed by atoms with Gasteiger partial charge in [-0.05, 0) is 24.6 Å². The summed E-state index contributed by atoms with van der Waals surface area (Å²) >= 11 is 2.50. The van der Waals surface area contributed by atoms with Crippen LogP contribution in [0.15, 0.2) is 38.7 Å². The smallest absolute Gasteiger partial charge is 0.348 e. The number of oxazole rings is 1. The molecule has 132 valence electrons. The normalized spacial score (nSPS) is 11.3. The molecule has 0 saturated heterocycles. The molecule has 9 heteroatoms. The third-order valence-corrected chi connectivity index (χ3v) is 5.83. The summed E-state index contributed by atoms with van der Waals surface area (Å²) in [6.07, 6.45) is 0. The van der Waals surface area contributed by atoms with Crippen molar-refractivity contribution in [1.29, 1.82) is 0 Å². The number of aromatic amines is 1. The van der Waals surface area contributed by atoms with E-state index in [2.05, 4.69) is 15.0 Å². The van der Waals surface area contributed by atoms with E-state index < -0.39 is 5.97 Å². The van der Waals surface area contributed by atoms with Crippen LogP contribution in [0.25, 0.3) is 21.3 Å². The van der Waals surface area contributed by atoms with Crippen LogP contribution in [0.2, 0.25) is 0 Å². The van der Waals surface area contributed by atoms with Crippen LogP contribution >= 0.6 is 23.1 Å². The molecule has 1 aromatic carbocycles. The average molecular weight is 387 g/mol. The molecule has 0 aliphatic rings. The molecule has 0 aliphatic heterocycles. The molecular weight excluding hydrogens is 374 g/mol. The van der Waals surface area contributed by atoms with Gasteiger partial charge in [-0.25, -0.2) is 14.8 Å². The maximum Gasteiger partial charge on any atom is 0.348 e. The van der Waals surface area contributed by atoms with Gasteiger partial charge in [0, 0.05) is 0 Å². The van der Waals surface area contributed by atoms with E-state index in [1.807, 2.05) is 24.3 Å². The highest BCUT2D eigenvalue weighted by atomic mass is 32.2. The lowest BCUT2D eigenvalue weighted by Crippen LogP contribution is -2.11. The predicted octanol–water partition coefficient (Wildman–Crippen LogP) is 3.51. The van der Waals surface area contributed by atoms with Crippen molar-refractivity contribution in [2.24, 2.45) is 0 Å². The Hall–Kier alpha value is -2.65. The molecule has 0 atom stereocenters. The summed E-state index contributed by atoms with van der Waals surface area (Å²) in [4.78, 5) is 36.7. The number of esters is 1. The number of carbonyl (C=O) groups is 1. The summed E-state index contributed by atoms with van der Waals surface area (Å²) in [5.74, 6) is 0.419. The summed E-state index contributed by atoms with van der Waals surface area (Å²) in [5.41, 5.74) is 1.81. The molecule has 0 fully saturated rings. The lowest BCUT2D eigenvalue weighted by atomic mass is 10.2. The number of fused-ring (bicyclic) bond motifs is 2. The van der Waals surface area contributed by atoms with Crippen LogP contribution in [-0.4, -0.2) is 28.0 Å². The number of carbonyl (C=O) groups excluding carboxylic acids is 1. The van der Waals surface area contributed by atoms with Crippen LogP contribution < -0.4 is 5.56 Å². The van der Waals surface area contributed by atoms with Crippen molar-refractivity contribution in [2.45, 2.75) is 17.9 Å². The highest BCUT2D eigenvalue weighted by Gasteiger charge is 2.20. The van der Waals surface area contributed by atoms with E-state index in [1.54, 1.807) is 6.92 Å². The van der Waals surface area contributed by atoms with Gasteiger partial charge in [0.2, 0.25) is 0 Å². The highest BCUT2D eigenvalue weighted by Crippen LogP contribution is 2.29. The number of nitrogens with zero attached hydrogens (tertiary/aromatic N) is 2. The lowest BCUT2D eigenvalue weighted by Gasteiger charge is -1.99. The zero-order valence-electron chi connectivity index (χ0n) is 13.9. The molecule has 7 nitrogen and oxygen atoms in total. The van der Waals surface area contributed by atoms with E-state index in [1.165, 1.54) is 18.9 Å². The second kappa shape index (κ2) is 6.58. The first-order chi connectivity index (χ1) is 12.6. The molecule has 0 unspecified atom stereocenters. The number of aromatic nitrogens is 3. The number of hydrogen-bond acceptors (Lipinski definition) is 8. The Labute approximate surface area is 155 Å². The van der Waals surface area contributed by atoms with Gasteiger partial charge in [-0.15, -0.1) is 11.3 Å². The van der Waals surface area contributed by atoms with Crippen molar-refractivity contribution >= 4 is 50.4 Å². The number of hydrogen-bond donors (Lipinski definition) is 1. The van der Waals surface area contributed by atoms with Crippen LogP contribution in [0.4, 0.5) is 0 Å². The monoisotopic (exact) mass is 387 g/mol. The number of benzene rings is 1. The Morgan fingerprint density at radius 2 is 2.15 bits per heavy atom. The van der Waals surface area contributed by atoms with E-state index in [9.17, 15) is 9.59 Å². The minimum atomic E-state index is -0.465. The van der Waals surface area contributed by atoms with Crippen molar-refractivity contribution in [3.8, 4) is 0 Å². The largest absolute Gasteiger partial charge is 0.465 e. The van der Waals surface area contributed by atoms with Gasteiger partial charge in [-0.1, -0.05) is 23.9 Å². The molecule has 3 heterocycles. The number of aryl methyl sites for hydroxylation is 1. The van der Waals surface area contributed by atoms with Crippen molar-refractivity contribution < 1.29 is 13.9 Å². The zero-order valence-corrected chi connectivity index (χ0v) is 15.5. The first-order valence-corrected chi connectivity index (χ1v) is 9.46. The molecule has 0 aliphatic carbocycles. The average Bonchev–Trinajstić information content (AvgIpc) is 3.20. The number of nitrogens with one attached hydrogen (secondary N) is 1. The summed E-state index contributed by atoms with van der Waals surface area (Å²) < 4.78 is 10.4.